The lowest BCUT2D eigenvalue weighted by atomic mass is 9.94. The average Bonchev–Trinajstić information content (AvgIpc) is 3.53. The average molecular weight is 484 g/mol. The normalized spacial score (nSPS) is 12.9. The number of fused-ring (bicyclic) bond motifs is 1. The highest BCUT2D eigenvalue weighted by atomic mass is 16.3. The van der Waals surface area contributed by atoms with Crippen LogP contribution in [0.1, 0.15) is 60.2 Å². The van der Waals surface area contributed by atoms with Gasteiger partial charge in [-0.3, -0.25) is 19.3 Å². The maximum Gasteiger partial charge on any atom is 0.287 e. The topological polar surface area (TPSA) is 93.3 Å². The highest BCUT2D eigenvalue weighted by molar-refractivity contribution is 5.94. The van der Waals surface area contributed by atoms with Crippen molar-refractivity contribution < 1.29 is 14.0 Å². The number of carbonyl (C=O) groups is 2. The Morgan fingerprint density at radius 1 is 1.11 bits per heavy atom. The third kappa shape index (κ3) is 4.79. The van der Waals surface area contributed by atoms with Gasteiger partial charge in [0.1, 0.15) is 0 Å². The van der Waals surface area contributed by atoms with Crippen LogP contribution in [0.4, 0.5) is 0 Å². The number of furan rings is 1. The van der Waals surface area contributed by atoms with Crippen molar-refractivity contribution in [2.24, 2.45) is 0 Å². The van der Waals surface area contributed by atoms with Crippen LogP contribution in [0.2, 0.25) is 0 Å². The largest absolute Gasteiger partial charge is 0.459 e. The lowest BCUT2D eigenvalue weighted by Gasteiger charge is -2.30. The molecule has 3 aromatic heterocycles. The summed E-state index contributed by atoms with van der Waals surface area (Å²) in [6, 6.07) is 13.1. The van der Waals surface area contributed by atoms with Gasteiger partial charge < -0.3 is 14.6 Å². The predicted octanol–water partition coefficient (Wildman–Crippen LogP) is 3.97. The SMILES string of the molecule is Cc1cc(C)n(Cc2ccc(C(=O)N3CCc4c(cnc(C)c4CNC(=O)c4ccco4)C3)cc2)n1. The molecule has 0 unspecified atom stereocenters. The van der Waals surface area contributed by atoms with E-state index in [1.54, 1.807) is 12.1 Å². The van der Waals surface area contributed by atoms with E-state index < -0.39 is 0 Å². The molecule has 1 aromatic carbocycles. The van der Waals surface area contributed by atoms with Gasteiger partial charge in [0.25, 0.3) is 11.8 Å². The molecule has 8 nitrogen and oxygen atoms in total. The third-order valence-corrected chi connectivity index (χ3v) is 6.69. The molecule has 0 saturated heterocycles. The van der Waals surface area contributed by atoms with Gasteiger partial charge in [0.05, 0.1) is 18.5 Å². The molecule has 0 spiro atoms. The molecule has 0 radical (unpaired) electrons. The fourth-order valence-electron chi connectivity index (χ4n) is 4.74. The first-order chi connectivity index (χ1) is 17.4. The maximum absolute atomic E-state index is 13.3. The van der Waals surface area contributed by atoms with Crippen LogP contribution >= 0.6 is 0 Å². The Morgan fingerprint density at radius 3 is 2.61 bits per heavy atom. The summed E-state index contributed by atoms with van der Waals surface area (Å²) in [6.45, 7) is 8.12. The number of rotatable bonds is 6. The fourth-order valence-corrected chi connectivity index (χ4v) is 4.74. The van der Waals surface area contributed by atoms with E-state index in [-0.39, 0.29) is 17.6 Å². The highest BCUT2D eigenvalue weighted by Crippen LogP contribution is 2.25. The van der Waals surface area contributed by atoms with E-state index in [1.807, 2.05) is 60.8 Å². The van der Waals surface area contributed by atoms with E-state index in [0.29, 0.717) is 38.2 Å². The van der Waals surface area contributed by atoms with E-state index in [9.17, 15) is 9.59 Å². The lowest BCUT2D eigenvalue weighted by molar-refractivity contribution is 0.0734. The molecule has 2 amide bonds. The Kier molecular flexibility index (Phi) is 6.41. The molecule has 1 aliphatic rings. The van der Waals surface area contributed by atoms with E-state index in [2.05, 4.69) is 21.5 Å². The zero-order valence-electron chi connectivity index (χ0n) is 20.7. The number of aryl methyl sites for hydroxylation is 3. The van der Waals surface area contributed by atoms with E-state index in [4.69, 9.17) is 4.42 Å². The molecule has 0 saturated carbocycles. The van der Waals surface area contributed by atoms with E-state index in [1.165, 1.54) is 6.26 Å². The molecule has 5 rings (SSSR count). The number of nitrogens with one attached hydrogen (secondary N) is 1. The van der Waals surface area contributed by atoms with Crippen molar-refractivity contribution in [2.75, 3.05) is 6.54 Å². The molecule has 0 aliphatic carbocycles. The number of pyridine rings is 1. The van der Waals surface area contributed by atoms with Crippen LogP contribution in [-0.2, 0) is 26.1 Å². The summed E-state index contributed by atoms with van der Waals surface area (Å²) in [5.74, 6) is 0.0283. The van der Waals surface area contributed by atoms with Gasteiger partial charge in [-0.25, -0.2) is 0 Å². The second-order valence-electron chi connectivity index (χ2n) is 9.24. The molecule has 1 aliphatic heterocycles. The van der Waals surface area contributed by atoms with Crippen molar-refractivity contribution in [1.29, 1.82) is 0 Å². The molecule has 0 atom stereocenters. The van der Waals surface area contributed by atoms with Gasteiger partial charge in [-0.15, -0.1) is 0 Å². The van der Waals surface area contributed by atoms with Crippen LogP contribution in [0.15, 0.2) is 59.3 Å². The molecule has 184 valence electrons. The zero-order chi connectivity index (χ0) is 25.2. The molecular formula is C28H29N5O3. The Labute approximate surface area is 210 Å². The monoisotopic (exact) mass is 483 g/mol. The second-order valence-corrected chi connectivity index (χ2v) is 9.24. The van der Waals surface area contributed by atoms with Gasteiger partial charge in [-0.1, -0.05) is 12.1 Å². The van der Waals surface area contributed by atoms with Gasteiger partial charge in [-0.05, 0) is 79.8 Å². The van der Waals surface area contributed by atoms with Crippen molar-refractivity contribution in [3.63, 3.8) is 0 Å². The highest BCUT2D eigenvalue weighted by Gasteiger charge is 2.25. The summed E-state index contributed by atoms with van der Waals surface area (Å²) in [4.78, 5) is 32.0. The lowest BCUT2D eigenvalue weighted by Crippen LogP contribution is -2.37. The Bertz CT molecular complexity index is 1400. The maximum atomic E-state index is 13.3. The Morgan fingerprint density at radius 2 is 1.92 bits per heavy atom. The van der Waals surface area contributed by atoms with Crippen molar-refractivity contribution in [3.8, 4) is 0 Å². The smallest absolute Gasteiger partial charge is 0.287 e. The van der Waals surface area contributed by atoms with Crippen LogP contribution in [0.25, 0.3) is 0 Å². The number of hydrogen-bond acceptors (Lipinski definition) is 5. The first-order valence-electron chi connectivity index (χ1n) is 12.1. The zero-order valence-corrected chi connectivity index (χ0v) is 20.7. The molecule has 4 heterocycles. The molecule has 8 heteroatoms. The third-order valence-electron chi connectivity index (χ3n) is 6.69. The number of benzene rings is 1. The molecule has 1 N–H and O–H groups in total. The minimum absolute atomic E-state index is 0.00608. The standard InChI is InChI=1S/C28H29N5O3/c1-18-13-19(2)33(31-18)16-21-6-8-22(9-7-21)28(35)32-11-10-24-23(17-32)14-29-20(3)25(24)15-30-27(34)26-5-4-12-36-26/h4-9,12-14H,10-11,15-17H2,1-3H3,(H,30,34). The number of aromatic nitrogens is 3. The van der Waals surface area contributed by atoms with Crippen LogP contribution in [0.3, 0.4) is 0 Å². The van der Waals surface area contributed by atoms with Crippen LogP contribution in [0.5, 0.6) is 0 Å². The first-order valence-corrected chi connectivity index (χ1v) is 12.1. The predicted molar refractivity (Wildman–Crippen MR) is 135 cm³/mol. The second kappa shape index (κ2) is 9.81. The summed E-state index contributed by atoms with van der Waals surface area (Å²) < 4.78 is 7.15. The Balaban J connectivity index is 1.26. The van der Waals surface area contributed by atoms with Gasteiger partial charge in [-0.2, -0.15) is 5.10 Å². The fraction of sp³-hybridized carbons (Fsp3) is 0.286. The summed E-state index contributed by atoms with van der Waals surface area (Å²) in [5, 5.41) is 7.43. The van der Waals surface area contributed by atoms with Crippen LogP contribution in [0, 0.1) is 20.8 Å². The van der Waals surface area contributed by atoms with Gasteiger partial charge in [0, 0.05) is 42.8 Å². The molecule has 0 bridgehead atoms. The molecule has 0 fully saturated rings. The van der Waals surface area contributed by atoms with Crippen molar-refractivity contribution in [3.05, 3.63) is 106 Å². The number of hydrogen-bond donors (Lipinski definition) is 1. The van der Waals surface area contributed by atoms with Crippen molar-refractivity contribution in [1.82, 2.24) is 25.0 Å². The number of nitrogens with zero attached hydrogens (tertiary/aromatic N) is 4. The molecular weight excluding hydrogens is 454 g/mol. The first kappa shape index (κ1) is 23.5. The summed E-state index contributed by atoms with van der Waals surface area (Å²) in [5.41, 5.74) is 7.94. The van der Waals surface area contributed by atoms with Crippen LogP contribution < -0.4 is 5.32 Å². The minimum atomic E-state index is -0.258. The summed E-state index contributed by atoms with van der Waals surface area (Å²) in [7, 11) is 0. The Hall–Kier alpha value is -4.20. The summed E-state index contributed by atoms with van der Waals surface area (Å²) >= 11 is 0. The summed E-state index contributed by atoms with van der Waals surface area (Å²) in [6.07, 6.45) is 4.04. The van der Waals surface area contributed by atoms with Crippen molar-refractivity contribution in [2.45, 2.75) is 46.8 Å². The van der Waals surface area contributed by atoms with Gasteiger partial charge >= 0.3 is 0 Å². The molecule has 36 heavy (non-hydrogen) atoms. The minimum Gasteiger partial charge on any atom is -0.459 e. The van der Waals surface area contributed by atoms with Gasteiger partial charge in [0.2, 0.25) is 0 Å². The number of carbonyl (C=O) groups excluding carboxylic acids is 2. The quantitative estimate of drug-likeness (QED) is 0.448. The number of amides is 2. The molecule has 4 aromatic rings. The van der Waals surface area contributed by atoms with Gasteiger partial charge in [0.15, 0.2) is 5.76 Å². The van der Waals surface area contributed by atoms with E-state index >= 15 is 0 Å². The van der Waals surface area contributed by atoms with E-state index in [0.717, 1.165) is 39.3 Å². The van der Waals surface area contributed by atoms with Crippen LogP contribution in [-0.4, -0.2) is 38.0 Å². The van der Waals surface area contributed by atoms with Crippen molar-refractivity contribution >= 4 is 11.8 Å².